The lowest BCUT2D eigenvalue weighted by molar-refractivity contribution is 0.0140. The molecule has 1 fully saturated rings. The number of hydroxylamine groups is 1. The molecule has 2 aliphatic heterocycles. The van der Waals surface area contributed by atoms with Crippen molar-refractivity contribution >= 4 is 0 Å². The van der Waals surface area contributed by atoms with Gasteiger partial charge >= 0.3 is 0 Å². The average Bonchev–Trinajstić information content (AvgIpc) is 2.69. The predicted octanol–water partition coefficient (Wildman–Crippen LogP) is 1.43. The standard InChI is InChI=1S/C15H21N3O/c1-17-10-15(11-17)12-18(9-14(15)16-19-2)8-13-6-4-3-5-7-13/h3-7,9,16H,8,10-12H2,1-2H3. The average molecular weight is 259 g/mol. The molecule has 4 nitrogen and oxygen atoms in total. The van der Waals surface area contributed by atoms with Crippen LogP contribution in [0.2, 0.25) is 0 Å². The van der Waals surface area contributed by atoms with Gasteiger partial charge in [-0.3, -0.25) is 10.3 Å². The van der Waals surface area contributed by atoms with E-state index in [-0.39, 0.29) is 5.41 Å². The number of rotatable bonds is 4. The van der Waals surface area contributed by atoms with Crippen molar-refractivity contribution in [2.45, 2.75) is 6.54 Å². The van der Waals surface area contributed by atoms with E-state index in [1.807, 2.05) is 0 Å². The van der Waals surface area contributed by atoms with Crippen LogP contribution in [-0.4, -0.2) is 43.6 Å². The summed E-state index contributed by atoms with van der Waals surface area (Å²) >= 11 is 0. The van der Waals surface area contributed by atoms with Crippen LogP contribution in [0, 0.1) is 5.41 Å². The fraction of sp³-hybridized carbons (Fsp3) is 0.467. The van der Waals surface area contributed by atoms with Gasteiger partial charge in [-0.15, -0.1) is 0 Å². The third kappa shape index (κ3) is 2.33. The van der Waals surface area contributed by atoms with Gasteiger partial charge in [-0.2, -0.15) is 0 Å². The van der Waals surface area contributed by atoms with Gasteiger partial charge in [0.2, 0.25) is 0 Å². The van der Waals surface area contributed by atoms with Crippen molar-refractivity contribution in [3.8, 4) is 0 Å². The Morgan fingerprint density at radius 1 is 1.21 bits per heavy atom. The fourth-order valence-corrected chi connectivity index (χ4v) is 3.26. The molecule has 2 heterocycles. The van der Waals surface area contributed by atoms with E-state index in [1.54, 1.807) is 7.11 Å². The summed E-state index contributed by atoms with van der Waals surface area (Å²) in [7, 11) is 3.84. The van der Waals surface area contributed by atoms with E-state index in [1.165, 1.54) is 11.3 Å². The van der Waals surface area contributed by atoms with E-state index in [2.05, 4.69) is 58.9 Å². The second-order valence-electron chi connectivity index (χ2n) is 5.69. The highest BCUT2D eigenvalue weighted by molar-refractivity contribution is 5.25. The number of likely N-dealkylation sites (tertiary alicyclic amines) is 1. The number of benzene rings is 1. The van der Waals surface area contributed by atoms with E-state index in [0.717, 1.165) is 26.2 Å². The molecule has 19 heavy (non-hydrogen) atoms. The highest BCUT2D eigenvalue weighted by Crippen LogP contribution is 2.41. The molecule has 0 amide bonds. The summed E-state index contributed by atoms with van der Waals surface area (Å²) in [5, 5.41) is 0. The largest absolute Gasteiger partial charge is 0.371 e. The lowest BCUT2D eigenvalue weighted by Crippen LogP contribution is -2.58. The van der Waals surface area contributed by atoms with Gasteiger partial charge in [-0.25, -0.2) is 0 Å². The van der Waals surface area contributed by atoms with Crippen LogP contribution in [0.1, 0.15) is 5.56 Å². The summed E-state index contributed by atoms with van der Waals surface area (Å²) in [4.78, 5) is 9.85. The van der Waals surface area contributed by atoms with Crippen molar-refractivity contribution in [1.82, 2.24) is 15.3 Å². The topological polar surface area (TPSA) is 27.7 Å². The van der Waals surface area contributed by atoms with Gasteiger partial charge in [0.25, 0.3) is 0 Å². The van der Waals surface area contributed by atoms with Crippen LogP contribution in [0.4, 0.5) is 0 Å². The molecule has 102 valence electrons. The van der Waals surface area contributed by atoms with Gasteiger partial charge in [-0.05, 0) is 12.6 Å². The third-order valence-electron chi connectivity index (χ3n) is 3.97. The number of nitrogens with zero attached hydrogens (tertiary/aromatic N) is 2. The molecule has 1 saturated heterocycles. The third-order valence-corrected chi connectivity index (χ3v) is 3.97. The Balaban J connectivity index is 1.71. The molecule has 1 spiro atoms. The normalized spacial score (nSPS) is 21.4. The van der Waals surface area contributed by atoms with E-state index in [9.17, 15) is 0 Å². The Bertz CT molecular complexity index is 466. The van der Waals surface area contributed by atoms with Crippen LogP contribution >= 0.6 is 0 Å². The molecule has 3 rings (SSSR count). The Morgan fingerprint density at radius 2 is 1.95 bits per heavy atom. The quantitative estimate of drug-likeness (QED) is 0.828. The molecule has 1 aromatic rings. The van der Waals surface area contributed by atoms with Crippen molar-refractivity contribution in [3.63, 3.8) is 0 Å². The Kier molecular flexibility index (Phi) is 3.21. The predicted molar refractivity (Wildman–Crippen MR) is 75.0 cm³/mol. The van der Waals surface area contributed by atoms with Crippen molar-refractivity contribution in [1.29, 1.82) is 0 Å². The maximum Gasteiger partial charge on any atom is 0.0642 e. The molecule has 4 heteroatoms. The molecule has 0 saturated carbocycles. The minimum Gasteiger partial charge on any atom is -0.371 e. The first-order valence-corrected chi connectivity index (χ1v) is 6.70. The Labute approximate surface area is 114 Å². The van der Waals surface area contributed by atoms with Crippen molar-refractivity contribution in [2.24, 2.45) is 5.41 Å². The van der Waals surface area contributed by atoms with Gasteiger partial charge < -0.3 is 9.80 Å². The minimum absolute atomic E-state index is 0.236. The van der Waals surface area contributed by atoms with E-state index < -0.39 is 0 Å². The molecule has 0 radical (unpaired) electrons. The second kappa shape index (κ2) is 4.87. The first-order chi connectivity index (χ1) is 9.22. The van der Waals surface area contributed by atoms with E-state index >= 15 is 0 Å². The summed E-state index contributed by atoms with van der Waals surface area (Å²) in [5.41, 5.74) is 5.86. The molecule has 1 N–H and O–H groups in total. The minimum atomic E-state index is 0.236. The molecule has 1 aromatic carbocycles. The molecule has 0 unspecified atom stereocenters. The number of hydrogen-bond acceptors (Lipinski definition) is 4. The fourth-order valence-electron chi connectivity index (χ4n) is 3.26. The van der Waals surface area contributed by atoms with E-state index in [0.29, 0.717) is 0 Å². The maximum atomic E-state index is 5.13. The lowest BCUT2D eigenvalue weighted by atomic mass is 9.79. The van der Waals surface area contributed by atoms with Crippen LogP contribution in [0.15, 0.2) is 42.2 Å². The lowest BCUT2D eigenvalue weighted by Gasteiger charge is -2.47. The second-order valence-corrected chi connectivity index (χ2v) is 5.69. The highest BCUT2D eigenvalue weighted by Gasteiger charge is 2.49. The number of hydrogen-bond donors (Lipinski definition) is 1. The monoisotopic (exact) mass is 259 g/mol. The molecular weight excluding hydrogens is 238 g/mol. The smallest absolute Gasteiger partial charge is 0.0642 e. The van der Waals surface area contributed by atoms with Crippen LogP contribution in [-0.2, 0) is 11.4 Å². The SMILES string of the molecule is CONC1=CN(Cc2ccccc2)CC12CN(C)C2. The zero-order valence-corrected chi connectivity index (χ0v) is 11.6. The first-order valence-electron chi connectivity index (χ1n) is 6.70. The van der Waals surface area contributed by atoms with Crippen molar-refractivity contribution in [3.05, 3.63) is 47.8 Å². The summed E-state index contributed by atoms with van der Waals surface area (Å²) in [5.74, 6) is 0. The zero-order valence-electron chi connectivity index (χ0n) is 11.6. The van der Waals surface area contributed by atoms with Gasteiger partial charge in [0.15, 0.2) is 0 Å². The van der Waals surface area contributed by atoms with E-state index in [4.69, 9.17) is 4.84 Å². The Hall–Kier alpha value is -1.52. The molecular formula is C15H21N3O. The van der Waals surface area contributed by atoms with Gasteiger partial charge in [0, 0.05) is 32.4 Å². The van der Waals surface area contributed by atoms with Crippen LogP contribution in [0.5, 0.6) is 0 Å². The first kappa shape index (κ1) is 12.5. The van der Waals surface area contributed by atoms with Crippen LogP contribution < -0.4 is 5.48 Å². The van der Waals surface area contributed by atoms with Gasteiger partial charge in [-0.1, -0.05) is 30.3 Å². The molecule has 0 aromatic heterocycles. The summed E-state index contributed by atoms with van der Waals surface area (Å²) in [6, 6.07) is 10.6. The molecule has 0 bridgehead atoms. The van der Waals surface area contributed by atoms with Crippen LogP contribution in [0.25, 0.3) is 0 Å². The number of nitrogens with one attached hydrogen (secondary N) is 1. The Morgan fingerprint density at radius 3 is 2.58 bits per heavy atom. The highest BCUT2D eigenvalue weighted by atomic mass is 16.6. The van der Waals surface area contributed by atoms with Gasteiger partial charge in [0.05, 0.1) is 18.2 Å². The van der Waals surface area contributed by atoms with Crippen LogP contribution in [0.3, 0.4) is 0 Å². The molecule has 2 aliphatic rings. The zero-order chi connectivity index (χ0) is 13.3. The summed E-state index contributed by atoms with van der Waals surface area (Å²) in [6.45, 7) is 4.22. The van der Waals surface area contributed by atoms with Gasteiger partial charge in [0.1, 0.15) is 0 Å². The summed E-state index contributed by atoms with van der Waals surface area (Å²) < 4.78 is 0. The molecule has 0 aliphatic carbocycles. The van der Waals surface area contributed by atoms with Crippen molar-refractivity contribution < 1.29 is 4.84 Å². The maximum absolute atomic E-state index is 5.13. The summed E-state index contributed by atoms with van der Waals surface area (Å²) in [6.07, 6.45) is 2.21. The van der Waals surface area contributed by atoms with Crippen molar-refractivity contribution in [2.75, 3.05) is 33.8 Å². The molecule has 0 atom stereocenters.